The van der Waals surface area contributed by atoms with E-state index in [1.807, 2.05) is 13.8 Å². The van der Waals surface area contributed by atoms with E-state index in [9.17, 15) is 0 Å². The van der Waals surface area contributed by atoms with Crippen molar-refractivity contribution in [2.75, 3.05) is 6.54 Å². The highest BCUT2D eigenvalue weighted by atomic mass is 14.9. The number of hydrogen-bond donors (Lipinski definition) is 1. The first-order valence-electron chi connectivity index (χ1n) is 4.52. The average Bonchev–Trinajstić information content (AvgIpc) is 2.00. The molecule has 10 heavy (non-hydrogen) atoms. The van der Waals surface area contributed by atoms with Gasteiger partial charge in [-0.1, -0.05) is 20.8 Å². The third kappa shape index (κ3) is 3.89. The first-order valence-corrected chi connectivity index (χ1v) is 4.52. The summed E-state index contributed by atoms with van der Waals surface area (Å²) in [7, 11) is 0. The van der Waals surface area contributed by atoms with Gasteiger partial charge in [-0.3, -0.25) is 0 Å². The minimum absolute atomic E-state index is 0.770. The standard InChI is InChI=1S/C7H15N.C2H6/c1-6-3-4-7(2)8-5-6;1-2/h6-8H,3-5H2,1-2H3;1-2H3. The van der Waals surface area contributed by atoms with Gasteiger partial charge in [0, 0.05) is 6.04 Å². The molecule has 0 amide bonds. The van der Waals surface area contributed by atoms with E-state index >= 15 is 0 Å². The molecule has 62 valence electrons. The van der Waals surface area contributed by atoms with E-state index < -0.39 is 0 Å². The summed E-state index contributed by atoms with van der Waals surface area (Å²) in [6, 6.07) is 0.770. The highest BCUT2D eigenvalue weighted by Gasteiger charge is 2.11. The Hall–Kier alpha value is -0.0400. The van der Waals surface area contributed by atoms with Crippen LogP contribution in [0.5, 0.6) is 0 Å². The molecule has 1 rings (SSSR count). The lowest BCUT2D eigenvalue weighted by atomic mass is 9.98. The van der Waals surface area contributed by atoms with Crippen LogP contribution >= 0.6 is 0 Å². The molecule has 1 nitrogen and oxygen atoms in total. The maximum Gasteiger partial charge on any atom is 0.00389 e. The molecule has 0 aromatic rings. The van der Waals surface area contributed by atoms with E-state index in [4.69, 9.17) is 0 Å². The maximum atomic E-state index is 3.43. The van der Waals surface area contributed by atoms with Crippen LogP contribution in [-0.4, -0.2) is 12.6 Å². The van der Waals surface area contributed by atoms with E-state index in [-0.39, 0.29) is 0 Å². The summed E-state index contributed by atoms with van der Waals surface area (Å²) in [5, 5.41) is 3.43. The van der Waals surface area contributed by atoms with E-state index in [0.717, 1.165) is 12.0 Å². The predicted molar refractivity (Wildman–Crippen MR) is 47.2 cm³/mol. The number of nitrogens with one attached hydrogen (secondary N) is 1. The van der Waals surface area contributed by atoms with Crippen molar-refractivity contribution in [1.29, 1.82) is 0 Å². The molecule has 1 heteroatoms. The molecule has 0 aliphatic carbocycles. The second-order valence-electron chi connectivity index (χ2n) is 2.99. The van der Waals surface area contributed by atoms with Crippen LogP contribution in [-0.2, 0) is 0 Å². The summed E-state index contributed by atoms with van der Waals surface area (Å²) in [4.78, 5) is 0. The molecule has 0 bridgehead atoms. The van der Waals surface area contributed by atoms with Gasteiger partial charge in [-0.2, -0.15) is 0 Å². The summed E-state index contributed by atoms with van der Waals surface area (Å²) in [5.41, 5.74) is 0. The van der Waals surface area contributed by atoms with Crippen LogP contribution in [0.25, 0.3) is 0 Å². The normalized spacial score (nSPS) is 32.4. The molecule has 1 fully saturated rings. The van der Waals surface area contributed by atoms with Crippen molar-refractivity contribution in [2.24, 2.45) is 5.92 Å². The van der Waals surface area contributed by atoms with E-state index in [0.29, 0.717) is 0 Å². The fourth-order valence-corrected chi connectivity index (χ4v) is 1.14. The van der Waals surface area contributed by atoms with Crippen molar-refractivity contribution in [2.45, 2.75) is 46.6 Å². The van der Waals surface area contributed by atoms with Crippen LogP contribution in [0.4, 0.5) is 0 Å². The zero-order chi connectivity index (χ0) is 7.98. The fourth-order valence-electron chi connectivity index (χ4n) is 1.14. The van der Waals surface area contributed by atoms with Crippen molar-refractivity contribution in [1.82, 2.24) is 5.32 Å². The molecule has 0 aromatic heterocycles. The lowest BCUT2D eigenvalue weighted by Gasteiger charge is -2.24. The SMILES string of the molecule is CC.CC1CCC(C)NC1. The minimum atomic E-state index is 0.770. The summed E-state index contributed by atoms with van der Waals surface area (Å²) in [5.74, 6) is 0.909. The molecular weight excluding hydrogens is 122 g/mol. The van der Waals surface area contributed by atoms with E-state index in [2.05, 4.69) is 19.2 Å². The van der Waals surface area contributed by atoms with Gasteiger partial charge in [0.25, 0.3) is 0 Å². The molecule has 2 unspecified atom stereocenters. The fraction of sp³-hybridized carbons (Fsp3) is 1.00. The van der Waals surface area contributed by atoms with Gasteiger partial charge in [-0.15, -0.1) is 0 Å². The van der Waals surface area contributed by atoms with Crippen LogP contribution < -0.4 is 5.32 Å². The summed E-state index contributed by atoms with van der Waals surface area (Å²) >= 11 is 0. The van der Waals surface area contributed by atoms with Crippen molar-refractivity contribution in [3.8, 4) is 0 Å². The molecule has 1 saturated heterocycles. The third-order valence-corrected chi connectivity index (χ3v) is 1.91. The van der Waals surface area contributed by atoms with Gasteiger partial charge in [0.15, 0.2) is 0 Å². The van der Waals surface area contributed by atoms with Gasteiger partial charge in [0.05, 0.1) is 0 Å². The molecule has 2 atom stereocenters. The predicted octanol–water partition coefficient (Wildman–Crippen LogP) is 2.42. The van der Waals surface area contributed by atoms with Gasteiger partial charge in [-0.05, 0) is 32.2 Å². The molecule has 1 N–H and O–H groups in total. The Morgan fingerprint density at radius 1 is 1.10 bits per heavy atom. The largest absolute Gasteiger partial charge is 0.314 e. The van der Waals surface area contributed by atoms with Crippen LogP contribution in [0.15, 0.2) is 0 Å². The Balaban J connectivity index is 0.000000371. The topological polar surface area (TPSA) is 12.0 Å². The monoisotopic (exact) mass is 143 g/mol. The summed E-state index contributed by atoms with van der Waals surface area (Å²) in [6.07, 6.45) is 2.77. The third-order valence-electron chi connectivity index (χ3n) is 1.91. The molecule has 0 radical (unpaired) electrons. The minimum Gasteiger partial charge on any atom is -0.314 e. The van der Waals surface area contributed by atoms with Crippen LogP contribution in [0.3, 0.4) is 0 Å². The van der Waals surface area contributed by atoms with Crippen molar-refractivity contribution < 1.29 is 0 Å². The smallest absolute Gasteiger partial charge is 0.00389 e. The zero-order valence-electron chi connectivity index (χ0n) is 7.78. The summed E-state index contributed by atoms with van der Waals surface area (Å²) < 4.78 is 0. The van der Waals surface area contributed by atoms with Crippen molar-refractivity contribution >= 4 is 0 Å². The lowest BCUT2D eigenvalue weighted by molar-refractivity contribution is 0.343. The van der Waals surface area contributed by atoms with Crippen molar-refractivity contribution in [3.63, 3.8) is 0 Å². The van der Waals surface area contributed by atoms with Crippen LogP contribution in [0.1, 0.15) is 40.5 Å². The Morgan fingerprint density at radius 3 is 2.00 bits per heavy atom. The van der Waals surface area contributed by atoms with Crippen molar-refractivity contribution in [3.05, 3.63) is 0 Å². The highest BCUT2D eigenvalue weighted by molar-refractivity contribution is 4.71. The number of piperidine rings is 1. The quantitative estimate of drug-likeness (QED) is 0.549. The second-order valence-corrected chi connectivity index (χ2v) is 2.99. The molecule has 0 saturated carbocycles. The first-order chi connectivity index (χ1) is 4.79. The lowest BCUT2D eigenvalue weighted by Crippen LogP contribution is -2.35. The van der Waals surface area contributed by atoms with Gasteiger partial charge in [0.1, 0.15) is 0 Å². The molecule has 1 aliphatic heterocycles. The number of rotatable bonds is 0. The molecule has 1 aliphatic rings. The summed E-state index contributed by atoms with van der Waals surface area (Å²) in [6.45, 7) is 9.78. The number of hydrogen-bond acceptors (Lipinski definition) is 1. The van der Waals surface area contributed by atoms with Gasteiger partial charge < -0.3 is 5.32 Å². The van der Waals surface area contributed by atoms with Crippen LogP contribution in [0, 0.1) is 5.92 Å². The van der Waals surface area contributed by atoms with E-state index in [1.54, 1.807) is 0 Å². The Bertz CT molecular complexity index is 53.1. The highest BCUT2D eigenvalue weighted by Crippen LogP contribution is 2.11. The van der Waals surface area contributed by atoms with Gasteiger partial charge >= 0.3 is 0 Å². The van der Waals surface area contributed by atoms with Gasteiger partial charge in [-0.25, -0.2) is 0 Å². The molecule has 0 spiro atoms. The molecular formula is C9H21N. The maximum absolute atomic E-state index is 3.43. The average molecular weight is 143 g/mol. The van der Waals surface area contributed by atoms with E-state index in [1.165, 1.54) is 19.4 Å². The van der Waals surface area contributed by atoms with Gasteiger partial charge in [0.2, 0.25) is 0 Å². The second kappa shape index (κ2) is 5.72. The Kier molecular flexibility index (Phi) is 5.70. The Morgan fingerprint density at radius 2 is 1.70 bits per heavy atom. The molecule has 0 aromatic carbocycles. The molecule has 1 heterocycles. The Labute approximate surface area is 65.2 Å². The first kappa shape index (κ1) is 9.96. The zero-order valence-corrected chi connectivity index (χ0v) is 7.78. The van der Waals surface area contributed by atoms with Crippen LogP contribution in [0.2, 0.25) is 0 Å².